The van der Waals surface area contributed by atoms with Crippen LogP contribution in [0.5, 0.6) is 0 Å². The van der Waals surface area contributed by atoms with Crippen molar-refractivity contribution in [2.24, 2.45) is 0 Å². The fourth-order valence-electron chi connectivity index (χ4n) is 3.19. The maximum atomic E-state index is 12.2. The van der Waals surface area contributed by atoms with E-state index in [0.29, 0.717) is 19.7 Å². The predicted molar refractivity (Wildman–Crippen MR) is 86.2 cm³/mol. The average molecular weight is 321 g/mol. The van der Waals surface area contributed by atoms with Gasteiger partial charge in [0.1, 0.15) is 11.4 Å². The van der Waals surface area contributed by atoms with Gasteiger partial charge in [0.05, 0.1) is 24.1 Å². The molecule has 1 unspecified atom stereocenters. The van der Waals surface area contributed by atoms with Gasteiger partial charge in [-0.15, -0.1) is 0 Å². The lowest BCUT2D eigenvalue weighted by Gasteiger charge is -2.38. The first kappa shape index (κ1) is 16.3. The van der Waals surface area contributed by atoms with Gasteiger partial charge >= 0.3 is 6.09 Å². The van der Waals surface area contributed by atoms with Crippen LogP contribution in [-0.4, -0.2) is 39.7 Å². The van der Waals surface area contributed by atoms with Gasteiger partial charge in [-0.1, -0.05) is 6.92 Å². The average Bonchev–Trinajstić information content (AvgIpc) is 3.01. The minimum Gasteiger partial charge on any atom is -0.444 e. The smallest absolute Gasteiger partial charge is 0.410 e. The lowest BCUT2D eigenvalue weighted by molar-refractivity contribution is 0.0167. The molecule has 1 N–H and O–H groups in total. The van der Waals surface area contributed by atoms with E-state index in [4.69, 9.17) is 14.5 Å². The minimum absolute atomic E-state index is 0.0252. The Bertz CT molecular complexity index is 595. The van der Waals surface area contributed by atoms with Gasteiger partial charge < -0.3 is 19.4 Å². The third-order valence-corrected chi connectivity index (χ3v) is 4.76. The van der Waals surface area contributed by atoms with E-state index in [1.807, 2.05) is 27.7 Å². The Morgan fingerprint density at radius 3 is 2.61 bits per heavy atom. The van der Waals surface area contributed by atoms with Crippen LogP contribution < -0.4 is 0 Å². The van der Waals surface area contributed by atoms with Crippen molar-refractivity contribution in [3.63, 3.8) is 0 Å². The van der Waals surface area contributed by atoms with Crippen LogP contribution in [0.2, 0.25) is 0 Å². The Kier molecular flexibility index (Phi) is 3.91. The monoisotopic (exact) mass is 321 g/mol. The quantitative estimate of drug-likeness (QED) is 0.862. The molecule has 1 saturated heterocycles. The van der Waals surface area contributed by atoms with Crippen LogP contribution in [0, 0.1) is 0 Å². The van der Waals surface area contributed by atoms with Crippen molar-refractivity contribution in [2.75, 3.05) is 13.1 Å². The molecule has 1 amide bonds. The van der Waals surface area contributed by atoms with Gasteiger partial charge in [0.2, 0.25) is 0 Å². The van der Waals surface area contributed by atoms with E-state index < -0.39 is 5.60 Å². The van der Waals surface area contributed by atoms with Gasteiger partial charge in [-0.2, -0.15) is 0 Å². The third-order valence-electron chi connectivity index (χ3n) is 4.76. The molecular weight excluding hydrogens is 294 g/mol. The molecule has 6 heteroatoms. The zero-order valence-corrected chi connectivity index (χ0v) is 14.7. The van der Waals surface area contributed by atoms with Gasteiger partial charge in [0, 0.05) is 18.5 Å². The number of hydrogen-bond donors (Lipinski definition) is 1. The summed E-state index contributed by atoms with van der Waals surface area (Å²) in [6, 6.07) is 0. The molecule has 0 bridgehead atoms. The molecule has 128 valence electrons. The molecule has 0 spiro atoms. The second-order valence-corrected chi connectivity index (χ2v) is 7.93. The van der Waals surface area contributed by atoms with Crippen molar-refractivity contribution in [1.82, 2.24) is 14.9 Å². The second kappa shape index (κ2) is 5.51. The van der Waals surface area contributed by atoms with Crippen molar-refractivity contribution < 1.29 is 14.3 Å². The molecule has 0 radical (unpaired) electrons. The zero-order valence-electron chi connectivity index (χ0n) is 14.7. The molecule has 2 aliphatic heterocycles. The SMILES string of the molecule is CC1OCc2[nH]c(C3(C)CCN(C(=O)OC(C)(C)C)CC3)nc21. The number of aromatic nitrogens is 2. The van der Waals surface area contributed by atoms with E-state index >= 15 is 0 Å². The Balaban J connectivity index is 1.66. The maximum absolute atomic E-state index is 12.2. The van der Waals surface area contributed by atoms with Crippen molar-refractivity contribution in [2.45, 2.75) is 71.2 Å². The summed E-state index contributed by atoms with van der Waals surface area (Å²) in [5.41, 5.74) is 1.66. The van der Waals surface area contributed by atoms with E-state index in [0.717, 1.165) is 30.1 Å². The highest BCUT2D eigenvalue weighted by atomic mass is 16.6. The molecule has 6 nitrogen and oxygen atoms in total. The van der Waals surface area contributed by atoms with E-state index in [1.54, 1.807) is 4.90 Å². The number of fused-ring (bicyclic) bond motifs is 1. The molecule has 3 rings (SSSR count). The molecule has 0 aromatic carbocycles. The van der Waals surface area contributed by atoms with Crippen molar-refractivity contribution in [1.29, 1.82) is 0 Å². The van der Waals surface area contributed by atoms with E-state index in [1.165, 1.54) is 0 Å². The zero-order chi connectivity index (χ0) is 16.8. The van der Waals surface area contributed by atoms with Crippen molar-refractivity contribution in [3.8, 4) is 0 Å². The summed E-state index contributed by atoms with van der Waals surface area (Å²) in [6.45, 7) is 11.9. The maximum Gasteiger partial charge on any atom is 0.410 e. The molecule has 1 fully saturated rings. The van der Waals surface area contributed by atoms with Crippen LogP contribution in [0.25, 0.3) is 0 Å². The standard InChI is InChI=1S/C17H27N3O3/c1-11-13-12(10-22-11)18-14(19-13)17(5)6-8-20(9-7-17)15(21)23-16(2,3)4/h11H,6-10H2,1-5H3,(H,18,19). The van der Waals surface area contributed by atoms with Crippen LogP contribution >= 0.6 is 0 Å². The number of rotatable bonds is 1. The number of hydrogen-bond acceptors (Lipinski definition) is 4. The number of ether oxygens (including phenoxy) is 2. The number of H-pyrrole nitrogens is 1. The number of aromatic amines is 1. The predicted octanol–water partition coefficient (Wildman–Crippen LogP) is 3.29. The number of carbonyl (C=O) groups is 1. The number of likely N-dealkylation sites (tertiary alicyclic amines) is 1. The first-order chi connectivity index (χ1) is 10.7. The fraction of sp³-hybridized carbons (Fsp3) is 0.765. The van der Waals surface area contributed by atoms with Crippen LogP contribution in [0.1, 0.15) is 70.8 Å². The van der Waals surface area contributed by atoms with E-state index in [-0.39, 0.29) is 17.6 Å². The fourth-order valence-corrected chi connectivity index (χ4v) is 3.19. The Hall–Kier alpha value is -1.56. The van der Waals surface area contributed by atoms with Crippen LogP contribution in [-0.2, 0) is 21.5 Å². The summed E-state index contributed by atoms with van der Waals surface area (Å²) in [4.78, 5) is 22.2. The highest BCUT2D eigenvalue weighted by molar-refractivity contribution is 5.68. The Labute approximate surface area is 137 Å². The third kappa shape index (κ3) is 3.22. The highest BCUT2D eigenvalue weighted by Crippen LogP contribution is 2.37. The molecule has 0 aliphatic carbocycles. The molecule has 1 aromatic rings. The lowest BCUT2D eigenvalue weighted by Crippen LogP contribution is -2.46. The summed E-state index contributed by atoms with van der Waals surface area (Å²) in [5.74, 6) is 1.03. The van der Waals surface area contributed by atoms with Crippen LogP contribution in [0.15, 0.2) is 0 Å². The molecule has 0 saturated carbocycles. The number of piperidine rings is 1. The minimum atomic E-state index is -0.449. The van der Waals surface area contributed by atoms with E-state index in [2.05, 4.69) is 11.9 Å². The number of nitrogens with one attached hydrogen (secondary N) is 1. The first-order valence-corrected chi connectivity index (χ1v) is 8.37. The summed E-state index contributed by atoms with van der Waals surface area (Å²) in [7, 11) is 0. The second-order valence-electron chi connectivity index (χ2n) is 7.93. The van der Waals surface area contributed by atoms with Gasteiger partial charge in [-0.25, -0.2) is 9.78 Å². The Morgan fingerprint density at radius 1 is 1.39 bits per heavy atom. The van der Waals surface area contributed by atoms with Gasteiger partial charge in [-0.05, 0) is 40.5 Å². The molecule has 3 heterocycles. The summed E-state index contributed by atoms with van der Waals surface area (Å²) in [5, 5.41) is 0. The molecular formula is C17H27N3O3. The first-order valence-electron chi connectivity index (χ1n) is 8.37. The number of nitrogens with zero attached hydrogens (tertiary/aromatic N) is 2. The highest BCUT2D eigenvalue weighted by Gasteiger charge is 2.38. The summed E-state index contributed by atoms with van der Waals surface area (Å²) < 4.78 is 11.0. The number of imidazole rings is 1. The Morgan fingerprint density at radius 2 is 2.04 bits per heavy atom. The van der Waals surface area contributed by atoms with Crippen LogP contribution in [0.4, 0.5) is 4.79 Å². The van der Waals surface area contributed by atoms with E-state index in [9.17, 15) is 4.79 Å². The summed E-state index contributed by atoms with van der Waals surface area (Å²) in [6.07, 6.45) is 1.62. The van der Waals surface area contributed by atoms with Crippen molar-refractivity contribution >= 4 is 6.09 Å². The van der Waals surface area contributed by atoms with Gasteiger partial charge in [-0.3, -0.25) is 0 Å². The topological polar surface area (TPSA) is 67.5 Å². The number of amides is 1. The van der Waals surface area contributed by atoms with Gasteiger partial charge in [0.25, 0.3) is 0 Å². The number of carbonyl (C=O) groups excluding carboxylic acids is 1. The molecule has 23 heavy (non-hydrogen) atoms. The lowest BCUT2D eigenvalue weighted by atomic mass is 9.80. The molecule has 2 aliphatic rings. The molecule has 1 atom stereocenters. The largest absolute Gasteiger partial charge is 0.444 e. The molecule has 1 aromatic heterocycles. The van der Waals surface area contributed by atoms with Gasteiger partial charge in [0.15, 0.2) is 0 Å². The van der Waals surface area contributed by atoms with Crippen LogP contribution in [0.3, 0.4) is 0 Å². The summed E-state index contributed by atoms with van der Waals surface area (Å²) >= 11 is 0. The normalized spacial score (nSPS) is 23.7. The van der Waals surface area contributed by atoms with Crippen molar-refractivity contribution in [3.05, 3.63) is 17.2 Å².